The van der Waals surface area contributed by atoms with Gasteiger partial charge >= 0.3 is 5.97 Å². The van der Waals surface area contributed by atoms with E-state index >= 15 is 0 Å². The molecular weight excluding hydrogens is 304 g/mol. The van der Waals surface area contributed by atoms with E-state index in [1.165, 1.54) is 0 Å². The van der Waals surface area contributed by atoms with Gasteiger partial charge in [0, 0.05) is 12.5 Å². The highest BCUT2D eigenvalue weighted by Gasteiger charge is 2.61. The van der Waals surface area contributed by atoms with Gasteiger partial charge in [0.1, 0.15) is 6.10 Å². The van der Waals surface area contributed by atoms with Crippen molar-refractivity contribution in [2.45, 2.75) is 59.7 Å². The molecule has 4 heteroatoms. The summed E-state index contributed by atoms with van der Waals surface area (Å²) < 4.78 is 12.1. The smallest absolute Gasteiger partial charge is 0.309 e. The second-order valence-corrected chi connectivity index (χ2v) is 8.35. The molecule has 2 aliphatic carbocycles. The topological polar surface area (TPSA) is 52.6 Å². The first kappa shape index (κ1) is 17.7. The molecule has 4 nitrogen and oxygen atoms in total. The van der Waals surface area contributed by atoms with Crippen LogP contribution in [0, 0.1) is 35.0 Å². The lowest BCUT2D eigenvalue weighted by Gasteiger charge is -2.41. The molecule has 3 rings (SSSR count). The summed E-state index contributed by atoms with van der Waals surface area (Å²) in [6, 6.07) is 0. The summed E-state index contributed by atoms with van der Waals surface area (Å²) >= 11 is 0. The second-order valence-electron chi connectivity index (χ2n) is 8.35. The van der Waals surface area contributed by atoms with Crippen LogP contribution in [-0.2, 0) is 19.1 Å². The maximum atomic E-state index is 12.8. The van der Waals surface area contributed by atoms with Crippen molar-refractivity contribution >= 4 is 11.8 Å². The van der Waals surface area contributed by atoms with Gasteiger partial charge in [0.15, 0.2) is 5.78 Å². The number of ketones is 1. The molecule has 0 unspecified atom stereocenters. The van der Waals surface area contributed by atoms with Gasteiger partial charge in [0.2, 0.25) is 0 Å². The lowest BCUT2D eigenvalue weighted by atomic mass is 9.66. The number of ether oxygens (including phenoxy) is 2. The summed E-state index contributed by atoms with van der Waals surface area (Å²) in [6.45, 7) is 11.0. The standard InChI is InChI=1S/C20H30O4/c1-6-11(2)10-23-18-17-13(4)19(22)24-15(17)9-12(3)14-7-8-16(21)20(14,18)5/h7-8,11-15,17-18H,6,9-10H2,1-5H3/t11-,12+,13-,14-,15+,17+,18-,20-/m0/s1. The summed E-state index contributed by atoms with van der Waals surface area (Å²) in [5.41, 5.74) is -0.589. The maximum Gasteiger partial charge on any atom is 0.309 e. The Hall–Kier alpha value is -1.16. The van der Waals surface area contributed by atoms with Gasteiger partial charge in [-0.05, 0) is 37.2 Å². The first-order chi connectivity index (χ1) is 11.3. The molecule has 0 radical (unpaired) electrons. The minimum atomic E-state index is -0.589. The minimum Gasteiger partial charge on any atom is -0.462 e. The summed E-state index contributed by atoms with van der Waals surface area (Å²) in [5.74, 6) is 0.624. The van der Waals surface area contributed by atoms with E-state index in [2.05, 4.69) is 26.8 Å². The van der Waals surface area contributed by atoms with Gasteiger partial charge in [-0.15, -0.1) is 0 Å². The van der Waals surface area contributed by atoms with Crippen molar-refractivity contribution in [2.24, 2.45) is 35.0 Å². The van der Waals surface area contributed by atoms with Crippen LogP contribution in [0.15, 0.2) is 12.2 Å². The van der Waals surface area contributed by atoms with Crippen molar-refractivity contribution in [3.63, 3.8) is 0 Å². The first-order valence-electron chi connectivity index (χ1n) is 9.35. The van der Waals surface area contributed by atoms with Crippen LogP contribution >= 0.6 is 0 Å². The monoisotopic (exact) mass is 334 g/mol. The highest BCUT2D eigenvalue weighted by molar-refractivity contribution is 5.98. The van der Waals surface area contributed by atoms with E-state index < -0.39 is 5.41 Å². The zero-order valence-corrected chi connectivity index (χ0v) is 15.5. The Labute approximate surface area is 145 Å². The number of hydrogen-bond acceptors (Lipinski definition) is 4. The molecule has 1 heterocycles. The average molecular weight is 334 g/mol. The van der Waals surface area contributed by atoms with Crippen LogP contribution in [0.1, 0.15) is 47.5 Å². The van der Waals surface area contributed by atoms with Gasteiger partial charge < -0.3 is 9.47 Å². The van der Waals surface area contributed by atoms with E-state index in [1.54, 1.807) is 6.08 Å². The number of carbonyl (C=O) groups is 2. The van der Waals surface area contributed by atoms with Crippen LogP contribution in [0.5, 0.6) is 0 Å². The van der Waals surface area contributed by atoms with Gasteiger partial charge in [0.05, 0.1) is 17.4 Å². The van der Waals surface area contributed by atoms with E-state index in [0.717, 1.165) is 12.8 Å². The van der Waals surface area contributed by atoms with Gasteiger partial charge in [-0.3, -0.25) is 9.59 Å². The fourth-order valence-electron chi connectivity index (χ4n) is 4.90. The van der Waals surface area contributed by atoms with Crippen LogP contribution in [0.3, 0.4) is 0 Å². The molecule has 134 valence electrons. The number of carbonyl (C=O) groups excluding carboxylic acids is 2. The van der Waals surface area contributed by atoms with Crippen molar-refractivity contribution in [3.8, 4) is 0 Å². The van der Waals surface area contributed by atoms with Gasteiger partial charge in [0.25, 0.3) is 0 Å². The molecule has 0 spiro atoms. The lowest BCUT2D eigenvalue weighted by molar-refractivity contribution is -0.146. The molecule has 0 aromatic heterocycles. The number of fused-ring (bicyclic) bond motifs is 2. The molecule has 1 saturated heterocycles. The van der Waals surface area contributed by atoms with E-state index in [4.69, 9.17) is 9.47 Å². The van der Waals surface area contributed by atoms with Crippen LogP contribution < -0.4 is 0 Å². The lowest BCUT2D eigenvalue weighted by Crippen LogP contribution is -2.50. The van der Waals surface area contributed by atoms with Crippen molar-refractivity contribution in [1.82, 2.24) is 0 Å². The van der Waals surface area contributed by atoms with Gasteiger partial charge in [-0.1, -0.05) is 40.2 Å². The SMILES string of the molecule is CC[C@H](C)CO[C@H]1[C@@H]2[C@H](C)C(=O)O[C@@H]2C[C@@H](C)[C@@H]2C=CC(=O)[C@]21C. The van der Waals surface area contributed by atoms with E-state index in [-0.39, 0.29) is 41.7 Å². The Morgan fingerprint density at radius 1 is 1.38 bits per heavy atom. The summed E-state index contributed by atoms with van der Waals surface area (Å²) in [7, 11) is 0. The quantitative estimate of drug-likeness (QED) is 0.740. The molecule has 0 N–H and O–H groups in total. The van der Waals surface area contributed by atoms with Crippen molar-refractivity contribution in [3.05, 3.63) is 12.2 Å². The molecule has 8 atom stereocenters. The third kappa shape index (κ3) is 2.54. The Morgan fingerprint density at radius 2 is 2.08 bits per heavy atom. The number of hydrogen-bond donors (Lipinski definition) is 0. The zero-order valence-electron chi connectivity index (χ0n) is 15.5. The summed E-state index contributed by atoms with van der Waals surface area (Å²) in [6.07, 6.45) is 5.23. The highest BCUT2D eigenvalue weighted by Crippen LogP contribution is 2.54. The Bertz CT molecular complexity index is 554. The maximum absolute atomic E-state index is 12.8. The normalized spacial score (nSPS) is 45.5. The minimum absolute atomic E-state index is 0.0390. The van der Waals surface area contributed by atoms with Crippen molar-refractivity contribution in [1.29, 1.82) is 0 Å². The van der Waals surface area contributed by atoms with Crippen LogP contribution in [0.25, 0.3) is 0 Å². The average Bonchev–Trinajstić information content (AvgIpc) is 2.96. The second kappa shape index (κ2) is 6.29. The molecular formula is C20H30O4. The molecule has 1 saturated carbocycles. The van der Waals surface area contributed by atoms with E-state index in [0.29, 0.717) is 18.4 Å². The fourth-order valence-corrected chi connectivity index (χ4v) is 4.90. The Kier molecular flexibility index (Phi) is 4.63. The predicted octanol–water partition coefficient (Wildman–Crippen LogP) is 3.40. The Balaban J connectivity index is 1.99. The van der Waals surface area contributed by atoms with E-state index in [1.807, 2.05) is 13.8 Å². The van der Waals surface area contributed by atoms with E-state index in [9.17, 15) is 9.59 Å². The molecule has 3 aliphatic rings. The zero-order chi connectivity index (χ0) is 17.6. The first-order valence-corrected chi connectivity index (χ1v) is 9.35. The molecule has 0 bridgehead atoms. The fraction of sp³-hybridized carbons (Fsp3) is 0.800. The molecule has 0 aromatic rings. The molecule has 24 heavy (non-hydrogen) atoms. The molecule has 2 fully saturated rings. The molecule has 1 aliphatic heterocycles. The third-order valence-electron chi connectivity index (χ3n) is 6.74. The highest BCUT2D eigenvalue weighted by atomic mass is 16.6. The van der Waals surface area contributed by atoms with Crippen LogP contribution in [-0.4, -0.2) is 30.6 Å². The van der Waals surface area contributed by atoms with Crippen LogP contribution in [0.4, 0.5) is 0 Å². The number of esters is 1. The predicted molar refractivity (Wildman–Crippen MR) is 91.3 cm³/mol. The molecule has 0 aromatic carbocycles. The molecule has 0 amide bonds. The summed E-state index contributed by atoms with van der Waals surface area (Å²) in [4.78, 5) is 25.0. The van der Waals surface area contributed by atoms with Gasteiger partial charge in [-0.25, -0.2) is 0 Å². The Morgan fingerprint density at radius 3 is 2.75 bits per heavy atom. The number of allylic oxidation sites excluding steroid dienone is 2. The summed E-state index contributed by atoms with van der Waals surface area (Å²) in [5, 5.41) is 0. The van der Waals surface area contributed by atoms with Crippen LogP contribution in [0.2, 0.25) is 0 Å². The third-order valence-corrected chi connectivity index (χ3v) is 6.74. The number of rotatable bonds is 4. The van der Waals surface area contributed by atoms with Crippen molar-refractivity contribution < 1.29 is 19.1 Å². The van der Waals surface area contributed by atoms with Gasteiger partial charge in [-0.2, -0.15) is 0 Å². The van der Waals surface area contributed by atoms with Crippen molar-refractivity contribution in [2.75, 3.05) is 6.61 Å². The largest absolute Gasteiger partial charge is 0.462 e.